The Labute approximate surface area is 181 Å². The summed E-state index contributed by atoms with van der Waals surface area (Å²) < 4.78 is 3.19. The van der Waals surface area contributed by atoms with Crippen LogP contribution in [0.25, 0.3) is 20.3 Å². The normalized spacial score (nSPS) is 15.7. The molecule has 1 unspecified atom stereocenters. The highest BCUT2D eigenvalue weighted by atomic mass is 32.1. The largest absolute Gasteiger partial charge is 0.273 e. The molecule has 5 aromatic rings. The van der Waals surface area contributed by atoms with Crippen LogP contribution in [0.4, 0.5) is 11.6 Å². The number of thiophene rings is 1. The van der Waals surface area contributed by atoms with Crippen molar-refractivity contribution in [1.82, 2.24) is 9.55 Å². The van der Waals surface area contributed by atoms with E-state index in [1.807, 2.05) is 84.9 Å². The molecule has 3 heterocycles. The Morgan fingerprint density at radius 1 is 0.839 bits per heavy atom. The summed E-state index contributed by atoms with van der Waals surface area (Å²) in [5, 5.41) is 0.940. The van der Waals surface area contributed by atoms with Gasteiger partial charge in [-0.3, -0.25) is 14.2 Å². The highest BCUT2D eigenvalue weighted by Crippen LogP contribution is 2.39. The molecule has 6 heteroatoms. The number of carbonyl (C=O) groups excluding carboxylic acids is 1. The highest BCUT2D eigenvalue weighted by molar-refractivity contribution is 7.25. The average molecular weight is 423 g/mol. The van der Waals surface area contributed by atoms with Gasteiger partial charge in [-0.25, -0.2) is 9.88 Å². The SMILES string of the molecule is O=C1C(Cc2ccccc2)n2c(nc3c(sc4ccccc43)c2=O)N1c1ccccc1. The molecule has 0 fully saturated rings. The van der Waals surface area contributed by atoms with Gasteiger partial charge < -0.3 is 0 Å². The van der Waals surface area contributed by atoms with Gasteiger partial charge in [-0.1, -0.05) is 66.7 Å². The summed E-state index contributed by atoms with van der Waals surface area (Å²) in [6.45, 7) is 0. The molecule has 0 aliphatic carbocycles. The molecule has 0 N–H and O–H groups in total. The number of hydrogen-bond acceptors (Lipinski definition) is 4. The standard InChI is InChI=1S/C25H17N3O2S/c29-23-19(15-16-9-3-1-4-10-16)28-24(30)22-21(18-13-7-8-14-20(18)31-22)26-25(28)27(23)17-11-5-2-6-12-17/h1-14,19H,15H2. The quantitative estimate of drug-likeness (QED) is 0.407. The Kier molecular flexibility index (Phi) is 4.01. The Morgan fingerprint density at radius 2 is 1.52 bits per heavy atom. The van der Waals surface area contributed by atoms with Crippen LogP contribution < -0.4 is 10.5 Å². The van der Waals surface area contributed by atoms with E-state index in [0.717, 1.165) is 15.6 Å². The van der Waals surface area contributed by atoms with E-state index in [-0.39, 0.29) is 11.5 Å². The lowest BCUT2D eigenvalue weighted by Crippen LogP contribution is -2.27. The third-order valence-corrected chi connectivity index (χ3v) is 6.86. The second-order valence-electron chi connectivity index (χ2n) is 7.58. The van der Waals surface area contributed by atoms with Gasteiger partial charge in [0.15, 0.2) is 0 Å². The van der Waals surface area contributed by atoms with Crippen LogP contribution in [0.15, 0.2) is 89.7 Å². The number of nitrogens with zero attached hydrogens (tertiary/aromatic N) is 3. The molecule has 0 saturated carbocycles. The van der Waals surface area contributed by atoms with Crippen molar-refractivity contribution in [2.45, 2.75) is 12.5 Å². The molecule has 0 spiro atoms. The third-order valence-electron chi connectivity index (χ3n) is 5.71. The summed E-state index contributed by atoms with van der Waals surface area (Å²) in [7, 11) is 0. The van der Waals surface area contributed by atoms with Crippen molar-refractivity contribution in [3.63, 3.8) is 0 Å². The summed E-state index contributed by atoms with van der Waals surface area (Å²) in [5.74, 6) is 0.250. The van der Waals surface area contributed by atoms with E-state index in [1.165, 1.54) is 11.3 Å². The Hall–Kier alpha value is -3.77. The van der Waals surface area contributed by atoms with Crippen LogP contribution in [0.5, 0.6) is 0 Å². The molecular weight excluding hydrogens is 406 g/mol. The van der Waals surface area contributed by atoms with Crippen molar-refractivity contribution in [3.8, 4) is 0 Å². The second kappa shape index (κ2) is 6.89. The van der Waals surface area contributed by atoms with E-state index in [4.69, 9.17) is 4.98 Å². The van der Waals surface area contributed by atoms with Crippen LogP contribution in [0.2, 0.25) is 0 Å². The van der Waals surface area contributed by atoms with Crippen molar-refractivity contribution in [2.75, 3.05) is 4.90 Å². The van der Waals surface area contributed by atoms with Gasteiger partial charge in [0, 0.05) is 16.5 Å². The zero-order valence-electron chi connectivity index (χ0n) is 16.4. The molecule has 3 aromatic carbocycles. The van der Waals surface area contributed by atoms with Gasteiger partial charge in [-0.2, -0.15) is 0 Å². The number of rotatable bonds is 3. The first-order chi connectivity index (χ1) is 15.2. The van der Waals surface area contributed by atoms with Gasteiger partial charge >= 0.3 is 0 Å². The fraction of sp³-hybridized carbons (Fsp3) is 0.0800. The average Bonchev–Trinajstić information content (AvgIpc) is 3.31. The minimum absolute atomic E-state index is 0.137. The van der Waals surface area contributed by atoms with Crippen LogP contribution in [0.3, 0.4) is 0 Å². The maximum Gasteiger partial charge on any atom is 0.273 e. The lowest BCUT2D eigenvalue weighted by molar-refractivity contribution is -0.119. The molecule has 6 rings (SSSR count). The molecule has 5 nitrogen and oxygen atoms in total. The van der Waals surface area contributed by atoms with Gasteiger partial charge in [0.2, 0.25) is 5.95 Å². The van der Waals surface area contributed by atoms with Gasteiger partial charge in [0.05, 0.1) is 11.2 Å². The molecule has 150 valence electrons. The Bertz CT molecular complexity index is 1510. The molecule has 1 atom stereocenters. The predicted octanol–water partition coefficient (Wildman–Crippen LogP) is 5.07. The maximum absolute atomic E-state index is 13.7. The van der Waals surface area contributed by atoms with E-state index < -0.39 is 6.04 Å². The summed E-state index contributed by atoms with van der Waals surface area (Å²) in [5.41, 5.74) is 2.22. The van der Waals surface area contributed by atoms with Crippen LogP contribution in [-0.4, -0.2) is 15.5 Å². The molecule has 0 radical (unpaired) electrons. The summed E-state index contributed by atoms with van der Waals surface area (Å²) >= 11 is 1.44. The second-order valence-corrected chi connectivity index (χ2v) is 8.63. The number of hydrogen-bond donors (Lipinski definition) is 0. The van der Waals surface area contributed by atoms with Crippen molar-refractivity contribution in [3.05, 3.63) is 101 Å². The van der Waals surface area contributed by atoms with E-state index >= 15 is 0 Å². The van der Waals surface area contributed by atoms with Crippen LogP contribution in [0.1, 0.15) is 11.6 Å². The third kappa shape index (κ3) is 2.72. The van der Waals surface area contributed by atoms with Crippen LogP contribution >= 0.6 is 11.3 Å². The Morgan fingerprint density at radius 3 is 2.29 bits per heavy atom. The number of benzene rings is 3. The summed E-state index contributed by atoms with van der Waals surface area (Å²) in [6, 6.07) is 26.5. The molecule has 1 aliphatic rings. The van der Waals surface area contributed by atoms with E-state index in [9.17, 15) is 9.59 Å². The summed E-state index contributed by atoms with van der Waals surface area (Å²) in [4.78, 5) is 33.7. The molecule has 31 heavy (non-hydrogen) atoms. The molecule has 1 aliphatic heterocycles. The van der Waals surface area contributed by atoms with Gasteiger partial charge in [-0.15, -0.1) is 11.3 Å². The predicted molar refractivity (Wildman–Crippen MR) is 124 cm³/mol. The Balaban J connectivity index is 1.63. The van der Waals surface area contributed by atoms with Gasteiger partial charge in [0.1, 0.15) is 10.7 Å². The first-order valence-corrected chi connectivity index (χ1v) is 10.9. The zero-order valence-corrected chi connectivity index (χ0v) is 17.3. The van der Waals surface area contributed by atoms with E-state index in [1.54, 1.807) is 9.47 Å². The number of carbonyl (C=O) groups is 1. The number of para-hydroxylation sites is 1. The van der Waals surface area contributed by atoms with Gasteiger partial charge in [0.25, 0.3) is 11.5 Å². The molecule has 1 amide bonds. The smallest absolute Gasteiger partial charge is 0.272 e. The lowest BCUT2D eigenvalue weighted by atomic mass is 10.1. The van der Waals surface area contributed by atoms with Crippen molar-refractivity contribution in [2.24, 2.45) is 0 Å². The fourth-order valence-corrected chi connectivity index (χ4v) is 5.35. The number of anilines is 2. The first kappa shape index (κ1) is 18.0. The molecule has 2 aromatic heterocycles. The topological polar surface area (TPSA) is 55.2 Å². The van der Waals surface area contributed by atoms with Crippen molar-refractivity contribution in [1.29, 1.82) is 0 Å². The van der Waals surface area contributed by atoms with E-state index in [2.05, 4.69) is 0 Å². The molecular formula is C25H17N3O2S. The zero-order chi connectivity index (χ0) is 20.9. The molecule has 0 bridgehead atoms. The van der Waals surface area contributed by atoms with Crippen LogP contribution in [0, 0.1) is 0 Å². The number of amides is 1. The lowest BCUT2D eigenvalue weighted by Gasteiger charge is -2.15. The number of fused-ring (bicyclic) bond motifs is 4. The minimum Gasteiger partial charge on any atom is -0.272 e. The highest BCUT2D eigenvalue weighted by Gasteiger charge is 2.41. The first-order valence-electron chi connectivity index (χ1n) is 10.1. The van der Waals surface area contributed by atoms with Crippen molar-refractivity contribution >= 4 is 49.2 Å². The van der Waals surface area contributed by atoms with Crippen LogP contribution in [-0.2, 0) is 11.2 Å². The van der Waals surface area contributed by atoms with E-state index in [0.29, 0.717) is 28.3 Å². The minimum atomic E-state index is -0.632. The fourth-order valence-electron chi connectivity index (χ4n) is 4.27. The number of aromatic nitrogens is 2. The summed E-state index contributed by atoms with van der Waals surface area (Å²) in [6.07, 6.45) is 0.438. The monoisotopic (exact) mass is 423 g/mol. The maximum atomic E-state index is 13.7. The van der Waals surface area contributed by atoms with Crippen molar-refractivity contribution < 1.29 is 4.79 Å². The molecule has 0 saturated heterocycles. The van der Waals surface area contributed by atoms with Gasteiger partial charge in [-0.05, 0) is 23.8 Å².